The Kier molecular flexibility index (Phi) is 4.17. The quantitative estimate of drug-likeness (QED) is 0.811. The van der Waals surface area contributed by atoms with E-state index < -0.39 is 0 Å². The number of morpholine rings is 1. The van der Waals surface area contributed by atoms with Gasteiger partial charge in [-0.05, 0) is 38.8 Å². The zero-order chi connectivity index (χ0) is 13.9. The molecular formula is C15H24N4O. The van der Waals surface area contributed by atoms with Gasteiger partial charge < -0.3 is 14.5 Å². The fourth-order valence-electron chi connectivity index (χ4n) is 2.66. The summed E-state index contributed by atoms with van der Waals surface area (Å²) in [5.41, 5.74) is 1.03. The smallest absolute Gasteiger partial charge is 0.225 e. The number of rotatable bonds is 5. The first-order valence-electron chi connectivity index (χ1n) is 7.55. The molecule has 2 heterocycles. The molecule has 0 unspecified atom stereocenters. The molecule has 0 N–H and O–H groups in total. The summed E-state index contributed by atoms with van der Waals surface area (Å²) in [5.74, 6) is 1.68. The Hall–Kier alpha value is -1.20. The summed E-state index contributed by atoms with van der Waals surface area (Å²) in [6.45, 7) is 6.82. The molecule has 110 valence electrons. The Balaban J connectivity index is 1.68. The van der Waals surface area contributed by atoms with Crippen molar-refractivity contribution in [2.45, 2.75) is 25.9 Å². The third-order valence-corrected chi connectivity index (χ3v) is 4.01. The molecule has 0 bridgehead atoms. The maximum atomic E-state index is 5.89. The first kappa shape index (κ1) is 13.8. The average Bonchev–Trinajstić information content (AvgIpc) is 3.22. The number of hydrogen-bond donors (Lipinski definition) is 0. The monoisotopic (exact) mass is 276 g/mol. The summed E-state index contributed by atoms with van der Waals surface area (Å²) in [4.78, 5) is 13.7. The van der Waals surface area contributed by atoms with Crippen molar-refractivity contribution in [3.05, 3.63) is 18.0 Å². The SMILES string of the molecule is Cc1ccnc(N(CC2CC2)C[C@@H]2CN(C)CCO2)n1. The van der Waals surface area contributed by atoms with Gasteiger partial charge in [0.1, 0.15) is 0 Å². The minimum absolute atomic E-state index is 0.261. The maximum Gasteiger partial charge on any atom is 0.225 e. The molecular weight excluding hydrogens is 252 g/mol. The second-order valence-electron chi connectivity index (χ2n) is 6.10. The normalized spacial score (nSPS) is 23.8. The molecule has 1 saturated carbocycles. The molecule has 5 heteroatoms. The van der Waals surface area contributed by atoms with Gasteiger partial charge in [-0.25, -0.2) is 9.97 Å². The second-order valence-corrected chi connectivity index (χ2v) is 6.10. The fourth-order valence-corrected chi connectivity index (χ4v) is 2.66. The molecule has 0 radical (unpaired) electrons. The van der Waals surface area contributed by atoms with Crippen molar-refractivity contribution in [3.8, 4) is 0 Å². The van der Waals surface area contributed by atoms with Crippen LogP contribution in [0, 0.1) is 12.8 Å². The summed E-state index contributed by atoms with van der Waals surface area (Å²) in [6, 6.07) is 1.95. The zero-order valence-corrected chi connectivity index (χ0v) is 12.5. The molecule has 1 atom stereocenters. The highest BCUT2D eigenvalue weighted by Gasteiger charge is 2.28. The number of aromatic nitrogens is 2. The predicted molar refractivity (Wildman–Crippen MR) is 78.9 cm³/mol. The van der Waals surface area contributed by atoms with E-state index in [-0.39, 0.29) is 6.10 Å². The molecule has 1 aromatic rings. The van der Waals surface area contributed by atoms with E-state index in [0.29, 0.717) is 0 Å². The van der Waals surface area contributed by atoms with Crippen LogP contribution in [0.25, 0.3) is 0 Å². The molecule has 1 aliphatic heterocycles. The van der Waals surface area contributed by atoms with Gasteiger partial charge >= 0.3 is 0 Å². The first-order chi connectivity index (χ1) is 9.70. The topological polar surface area (TPSA) is 41.5 Å². The van der Waals surface area contributed by atoms with E-state index in [2.05, 4.69) is 26.8 Å². The molecule has 1 aromatic heterocycles. The first-order valence-corrected chi connectivity index (χ1v) is 7.55. The number of likely N-dealkylation sites (N-methyl/N-ethyl adjacent to an activating group) is 1. The molecule has 5 nitrogen and oxygen atoms in total. The lowest BCUT2D eigenvalue weighted by atomic mass is 10.2. The lowest BCUT2D eigenvalue weighted by molar-refractivity contribution is -0.0149. The highest BCUT2D eigenvalue weighted by molar-refractivity contribution is 5.31. The second kappa shape index (κ2) is 6.06. The number of ether oxygens (including phenoxy) is 1. The highest BCUT2D eigenvalue weighted by atomic mass is 16.5. The standard InChI is InChI=1S/C15H24N4O/c1-12-5-6-16-15(17-12)19(9-13-3-4-13)11-14-10-18(2)7-8-20-14/h5-6,13-14H,3-4,7-11H2,1-2H3/t14-/m0/s1. The van der Waals surface area contributed by atoms with Crippen molar-refractivity contribution in [1.82, 2.24) is 14.9 Å². The van der Waals surface area contributed by atoms with Gasteiger partial charge in [-0.1, -0.05) is 0 Å². The van der Waals surface area contributed by atoms with E-state index in [9.17, 15) is 0 Å². The summed E-state index contributed by atoms with van der Waals surface area (Å²) in [5, 5.41) is 0. The van der Waals surface area contributed by atoms with Crippen LogP contribution in [0.4, 0.5) is 5.95 Å². The van der Waals surface area contributed by atoms with Crippen LogP contribution >= 0.6 is 0 Å². The minimum Gasteiger partial charge on any atom is -0.374 e. The Bertz CT molecular complexity index is 449. The summed E-state index contributed by atoms with van der Waals surface area (Å²) in [6.07, 6.45) is 4.80. The Morgan fingerprint density at radius 3 is 2.95 bits per heavy atom. The summed E-state index contributed by atoms with van der Waals surface area (Å²) >= 11 is 0. The Labute approximate surface area is 121 Å². The van der Waals surface area contributed by atoms with Crippen LogP contribution in [-0.2, 0) is 4.74 Å². The molecule has 0 spiro atoms. The van der Waals surface area contributed by atoms with Crippen molar-refractivity contribution in [1.29, 1.82) is 0 Å². The predicted octanol–water partition coefficient (Wildman–Crippen LogP) is 1.33. The van der Waals surface area contributed by atoms with E-state index in [1.165, 1.54) is 12.8 Å². The molecule has 20 heavy (non-hydrogen) atoms. The van der Waals surface area contributed by atoms with Crippen LogP contribution in [0.15, 0.2) is 12.3 Å². The van der Waals surface area contributed by atoms with E-state index in [1.54, 1.807) is 0 Å². The molecule has 0 aromatic carbocycles. The third-order valence-electron chi connectivity index (χ3n) is 4.01. The van der Waals surface area contributed by atoms with E-state index in [0.717, 1.165) is 50.3 Å². The van der Waals surface area contributed by atoms with Crippen molar-refractivity contribution in [3.63, 3.8) is 0 Å². The van der Waals surface area contributed by atoms with E-state index in [4.69, 9.17) is 4.74 Å². The van der Waals surface area contributed by atoms with Crippen LogP contribution in [0.2, 0.25) is 0 Å². The molecule has 1 aliphatic carbocycles. The fraction of sp³-hybridized carbons (Fsp3) is 0.733. The van der Waals surface area contributed by atoms with Crippen molar-refractivity contribution >= 4 is 5.95 Å². The Morgan fingerprint density at radius 2 is 2.25 bits per heavy atom. The lowest BCUT2D eigenvalue weighted by Gasteiger charge is -2.34. The molecule has 2 aliphatic rings. The zero-order valence-electron chi connectivity index (χ0n) is 12.5. The van der Waals surface area contributed by atoms with Crippen LogP contribution in [0.5, 0.6) is 0 Å². The highest BCUT2D eigenvalue weighted by Crippen LogP contribution is 2.30. The van der Waals surface area contributed by atoms with Crippen LogP contribution in [-0.4, -0.2) is 60.8 Å². The molecule has 1 saturated heterocycles. The summed E-state index contributed by atoms with van der Waals surface area (Å²) in [7, 11) is 2.16. The number of hydrogen-bond acceptors (Lipinski definition) is 5. The summed E-state index contributed by atoms with van der Waals surface area (Å²) < 4.78 is 5.89. The van der Waals surface area contributed by atoms with Crippen molar-refractivity contribution in [2.24, 2.45) is 5.92 Å². The maximum absolute atomic E-state index is 5.89. The molecule has 0 amide bonds. The minimum atomic E-state index is 0.261. The molecule has 3 rings (SSSR count). The number of anilines is 1. The van der Waals surface area contributed by atoms with E-state index >= 15 is 0 Å². The van der Waals surface area contributed by atoms with Gasteiger partial charge in [0.2, 0.25) is 5.95 Å². The molecule has 2 fully saturated rings. The lowest BCUT2D eigenvalue weighted by Crippen LogP contribution is -2.47. The average molecular weight is 276 g/mol. The van der Waals surface area contributed by atoms with Crippen molar-refractivity contribution < 1.29 is 4.74 Å². The third kappa shape index (κ3) is 3.67. The van der Waals surface area contributed by atoms with Crippen molar-refractivity contribution in [2.75, 3.05) is 44.7 Å². The Morgan fingerprint density at radius 1 is 1.40 bits per heavy atom. The van der Waals surface area contributed by atoms with Gasteiger partial charge in [-0.3, -0.25) is 0 Å². The van der Waals surface area contributed by atoms with Gasteiger partial charge in [-0.2, -0.15) is 0 Å². The van der Waals surface area contributed by atoms with Crippen LogP contribution < -0.4 is 4.90 Å². The number of nitrogens with zero attached hydrogens (tertiary/aromatic N) is 4. The van der Waals surface area contributed by atoms with Crippen LogP contribution in [0.3, 0.4) is 0 Å². The largest absolute Gasteiger partial charge is 0.374 e. The van der Waals surface area contributed by atoms with Gasteiger partial charge in [-0.15, -0.1) is 0 Å². The number of aryl methyl sites for hydroxylation is 1. The van der Waals surface area contributed by atoms with Gasteiger partial charge in [0.25, 0.3) is 0 Å². The van der Waals surface area contributed by atoms with Gasteiger partial charge in [0.05, 0.1) is 12.7 Å². The van der Waals surface area contributed by atoms with Gasteiger partial charge in [0, 0.05) is 38.1 Å². The van der Waals surface area contributed by atoms with Crippen LogP contribution in [0.1, 0.15) is 18.5 Å². The van der Waals surface area contributed by atoms with E-state index in [1.807, 2.05) is 19.2 Å². The van der Waals surface area contributed by atoms with Gasteiger partial charge in [0.15, 0.2) is 0 Å².